The minimum Gasteiger partial charge on any atom is -0.345 e. The SMILES string of the molecule is CN(C)C(=O)c1ccnc(CN)c1. The quantitative estimate of drug-likeness (QED) is 0.707. The molecule has 1 aromatic rings. The normalized spacial score (nSPS) is 9.77. The first kappa shape index (κ1) is 9.67. The van der Waals surface area contributed by atoms with Crippen LogP contribution in [-0.4, -0.2) is 29.9 Å². The molecule has 1 heterocycles. The van der Waals surface area contributed by atoms with Crippen molar-refractivity contribution in [2.24, 2.45) is 5.73 Å². The van der Waals surface area contributed by atoms with Crippen molar-refractivity contribution in [1.29, 1.82) is 0 Å². The third-order valence-electron chi connectivity index (χ3n) is 1.68. The van der Waals surface area contributed by atoms with E-state index in [9.17, 15) is 4.79 Å². The number of hydrogen-bond donors (Lipinski definition) is 1. The topological polar surface area (TPSA) is 59.2 Å². The van der Waals surface area contributed by atoms with Crippen LogP contribution in [0, 0.1) is 0 Å². The molecule has 0 aliphatic heterocycles. The highest BCUT2D eigenvalue weighted by Gasteiger charge is 2.07. The first-order valence-electron chi connectivity index (χ1n) is 4.02. The van der Waals surface area contributed by atoms with E-state index in [1.54, 1.807) is 32.4 Å². The Kier molecular flexibility index (Phi) is 2.97. The van der Waals surface area contributed by atoms with Crippen molar-refractivity contribution in [3.8, 4) is 0 Å². The summed E-state index contributed by atoms with van der Waals surface area (Å²) in [6.45, 7) is 0.356. The molecule has 4 heteroatoms. The summed E-state index contributed by atoms with van der Waals surface area (Å²) in [5, 5.41) is 0. The summed E-state index contributed by atoms with van der Waals surface area (Å²) in [4.78, 5) is 17.0. The Balaban J connectivity index is 2.95. The molecule has 1 aromatic heterocycles. The zero-order chi connectivity index (χ0) is 9.84. The van der Waals surface area contributed by atoms with Crippen molar-refractivity contribution < 1.29 is 4.79 Å². The van der Waals surface area contributed by atoms with Crippen LogP contribution in [0.25, 0.3) is 0 Å². The molecule has 0 unspecified atom stereocenters. The minimum absolute atomic E-state index is 0.0305. The van der Waals surface area contributed by atoms with Gasteiger partial charge in [0, 0.05) is 32.4 Å². The zero-order valence-electron chi connectivity index (χ0n) is 7.82. The summed E-state index contributed by atoms with van der Waals surface area (Å²) in [5.74, 6) is -0.0305. The van der Waals surface area contributed by atoms with Gasteiger partial charge in [0.1, 0.15) is 0 Å². The maximum atomic E-state index is 11.5. The number of pyridine rings is 1. The minimum atomic E-state index is -0.0305. The van der Waals surface area contributed by atoms with Gasteiger partial charge in [0.25, 0.3) is 5.91 Å². The lowest BCUT2D eigenvalue weighted by atomic mass is 10.2. The fourth-order valence-corrected chi connectivity index (χ4v) is 0.981. The molecule has 0 radical (unpaired) electrons. The monoisotopic (exact) mass is 179 g/mol. The Morgan fingerprint density at radius 2 is 2.31 bits per heavy atom. The van der Waals surface area contributed by atoms with Gasteiger partial charge in [0.05, 0.1) is 5.69 Å². The van der Waals surface area contributed by atoms with Gasteiger partial charge < -0.3 is 10.6 Å². The summed E-state index contributed by atoms with van der Waals surface area (Å²) in [6.07, 6.45) is 1.60. The smallest absolute Gasteiger partial charge is 0.253 e. The molecular formula is C9H13N3O. The second-order valence-electron chi connectivity index (χ2n) is 2.94. The molecule has 70 valence electrons. The van der Waals surface area contributed by atoms with Gasteiger partial charge in [-0.05, 0) is 12.1 Å². The van der Waals surface area contributed by atoms with Crippen LogP contribution in [-0.2, 0) is 6.54 Å². The highest BCUT2D eigenvalue weighted by atomic mass is 16.2. The number of carbonyl (C=O) groups excluding carboxylic acids is 1. The van der Waals surface area contributed by atoms with Gasteiger partial charge in [-0.1, -0.05) is 0 Å². The molecule has 0 saturated heterocycles. The van der Waals surface area contributed by atoms with E-state index in [4.69, 9.17) is 5.73 Å². The van der Waals surface area contributed by atoms with Gasteiger partial charge in [-0.25, -0.2) is 0 Å². The Morgan fingerprint density at radius 3 is 2.85 bits per heavy atom. The maximum absolute atomic E-state index is 11.5. The Morgan fingerprint density at radius 1 is 1.62 bits per heavy atom. The predicted molar refractivity (Wildman–Crippen MR) is 50.1 cm³/mol. The maximum Gasteiger partial charge on any atom is 0.253 e. The van der Waals surface area contributed by atoms with E-state index in [0.717, 1.165) is 5.69 Å². The third-order valence-corrected chi connectivity index (χ3v) is 1.68. The lowest BCUT2D eigenvalue weighted by Crippen LogP contribution is -2.22. The lowest BCUT2D eigenvalue weighted by Gasteiger charge is -2.10. The second-order valence-corrected chi connectivity index (χ2v) is 2.94. The number of rotatable bonds is 2. The molecule has 0 spiro atoms. The molecule has 0 aliphatic rings. The van der Waals surface area contributed by atoms with Gasteiger partial charge in [-0.2, -0.15) is 0 Å². The zero-order valence-corrected chi connectivity index (χ0v) is 7.82. The molecular weight excluding hydrogens is 166 g/mol. The summed E-state index contributed by atoms with van der Waals surface area (Å²) >= 11 is 0. The van der Waals surface area contributed by atoms with E-state index >= 15 is 0 Å². The van der Waals surface area contributed by atoms with E-state index in [1.807, 2.05) is 0 Å². The van der Waals surface area contributed by atoms with Crippen LogP contribution in [0.1, 0.15) is 16.1 Å². The first-order valence-corrected chi connectivity index (χ1v) is 4.02. The molecule has 1 rings (SSSR count). The van der Waals surface area contributed by atoms with Gasteiger partial charge in [-0.3, -0.25) is 9.78 Å². The van der Waals surface area contributed by atoms with E-state index in [1.165, 1.54) is 4.90 Å². The molecule has 0 fully saturated rings. The highest BCUT2D eigenvalue weighted by molar-refractivity contribution is 5.93. The lowest BCUT2D eigenvalue weighted by molar-refractivity contribution is 0.0827. The van der Waals surface area contributed by atoms with Crippen molar-refractivity contribution in [3.63, 3.8) is 0 Å². The van der Waals surface area contributed by atoms with Gasteiger partial charge in [0.15, 0.2) is 0 Å². The largest absolute Gasteiger partial charge is 0.345 e. The van der Waals surface area contributed by atoms with Crippen molar-refractivity contribution in [1.82, 2.24) is 9.88 Å². The molecule has 13 heavy (non-hydrogen) atoms. The first-order chi connectivity index (χ1) is 6.15. The van der Waals surface area contributed by atoms with Gasteiger partial charge >= 0.3 is 0 Å². The third kappa shape index (κ3) is 2.26. The molecule has 0 saturated carbocycles. The van der Waals surface area contributed by atoms with Crippen LogP contribution in [0.5, 0.6) is 0 Å². The van der Waals surface area contributed by atoms with Crippen molar-refractivity contribution in [3.05, 3.63) is 29.6 Å². The molecule has 0 bridgehead atoms. The van der Waals surface area contributed by atoms with Gasteiger partial charge in [0.2, 0.25) is 0 Å². The Bertz CT molecular complexity index is 309. The molecule has 0 atom stereocenters. The van der Waals surface area contributed by atoms with Crippen LogP contribution >= 0.6 is 0 Å². The van der Waals surface area contributed by atoms with Crippen LogP contribution in [0.3, 0.4) is 0 Å². The molecule has 1 amide bonds. The number of carbonyl (C=O) groups is 1. The fourth-order valence-electron chi connectivity index (χ4n) is 0.981. The van der Waals surface area contributed by atoms with Crippen LogP contribution in [0.2, 0.25) is 0 Å². The molecule has 0 aromatic carbocycles. The average molecular weight is 179 g/mol. The second kappa shape index (κ2) is 4.00. The number of hydrogen-bond acceptors (Lipinski definition) is 3. The highest BCUT2D eigenvalue weighted by Crippen LogP contribution is 2.03. The van der Waals surface area contributed by atoms with Crippen molar-refractivity contribution in [2.45, 2.75) is 6.54 Å². The summed E-state index contributed by atoms with van der Waals surface area (Å²) in [6, 6.07) is 3.39. The predicted octanol–water partition coefficient (Wildman–Crippen LogP) is 0.242. The van der Waals surface area contributed by atoms with Crippen molar-refractivity contribution >= 4 is 5.91 Å². The van der Waals surface area contributed by atoms with Crippen LogP contribution in [0.15, 0.2) is 18.3 Å². The van der Waals surface area contributed by atoms with E-state index in [2.05, 4.69) is 4.98 Å². The molecule has 2 N–H and O–H groups in total. The van der Waals surface area contributed by atoms with E-state index in [0.29, 0.717) is 12.1 Å². The average Bonchev–Trinajstić information content (AvgIpc) is 2.16. The van der Waals surface area contributed by atoms with Crippen LogP contribution < -0.4 is 5.73 Å². The fraction of sp³-hybridized carbons (Fsp3) is 0.333. The van der Waals surface area contributed by atoms with Gasteiger partial charge in [-0.15, -0.1) is 0 Å². The van der Waals surface area contributed by atoms with Crippen molar-refractivity contribution in [2.75, 3.05) is 14.1 Å². The van der Waals surface area contributed by atoms with E-state index < -0.39 is 0 Å². The summed E-state index contributed by atoms with van der Waals surface area (Å²) in [7, 11) is 3.43. The summed E-state index contributed by atoms with van der Waals surface area (Å²) < 4.78 is 0. The standard InChI is InChI=1S/C9H13N3O/c1-12(2)9(13)7-3-4-11-8(5-7)6-10/h3-5H,6,10H2,1-2H3. The van der Waals surface area contributed by atoms with E-state index in [-0.39, 0.29) is 5.91 Å². The van der Waals surface area contributed by atoms with Crippen LogP contribution in [0.4, 0.5) is 0 Å². The number of aromatic nitrogens is 1. The number of nitrogens with zero attached hydrogens (tertiary/aromatic N) is 2. The number of nitrogens with two attached hydrogens (primary N) is 1. The Hall–Kier alpha value is -1.42. The number of amides is 1. The molecule has 0 aliphatic carbocycles. The Labute approximate surface area is 77.4 Å². The molecule has 4 nitrogen and oxygen atoms in total. The summed E-state index contributed by atoms with van der Waals surface area (Å²) in [5.41, 5.74) is 6.76.